The number of nitrogens with zero attached hydrogens (tertiary/aromatic N) is 2. The van der Waals surface area contributed by atoms with Gasteiger partial charge in [0.15, 0.2) is 6.61 Å². The van der Waals surface area contributed by atoms with Gasteiger partial charge in [-0.1, -0.05) is 49.9 Å². The van der Waals surface area contributed by atoms with Crippen LogP contribution in [0.3, 0.4) is 0 Å². The SMILES string of the molecule is NC(=O)c1cccc(-c2cn(C3CCC(F)(F)CC3)c3cc(NC(=O)CCCCCCCCNC(=O)COc4cccc5c4C(=O)N(C4CCC(=O)NC4=O)C5=O)ccc23)c1. The van der Waals surface area contributed by atoms with Crippen LogP contribution in [0.4, 0.5) is 14.5 Å². The normalized spacial score (nSPS) is 17.6. The summed E-state index contributed by atoms with van der Waals surface area (Å²) in [6.45, 7) is 0.0370. The number of benzene rings is 3. The molecule has 3 aliphatic rings. The van der Waals surface area contributed by atoms with Gasteiger partial charge in [-0.2, -0.15) is 0 Å². The second kappa shape index (κ2) is 18.4. The minimum Gasteiger partial charge on any atom is -0.483 e. The number of hydrogen-bond donors (Lipinski definition) is 4. The molecule has 1 saturated heterocycles. The van der Waals surface area contributed by atoms with E-state index >= 15 is 0 Å². The molecule has 61 heavy (non-hydrogen) atoms. The molecule has 2 aliphatic heterocycles. The first-order valence-corrected chi connectivity index (χ1v) is 20.8. The quantitative estimate of drug-likeness (QED) is 0.0690. The lowest BCUT2D eigenvalue weighted by molar-refractivity contribution is -0.136. The van der Waals surface area contributed by atoms with Crippen molar-refractivity contribution in [1.82, 2.24) is 20.1 Å². The highest BCUT2D eigenvalue weighted by molar-refractivity contribution is 6.24. The Hall–Kier alpha value is -6.45. The van der Waals surface area contributed by atoms with Gasteiger partial charge in [0.25, 0.3) is 17.7 Å². The molecule has 7 rings (SSSR count). The van der Waals surface area contributed by atoms with Crippen molar-refractivity contribution in [3.05, 3.63) is 83.6 Å². The number of hydrogen-bond acceptors (Lipinski definition) is 8. The molecule has 7 amide bonds. The Morgan fingerprint density at radius 3 is 2.33 bits per heavy atom. The number of fused-ring (bicyclic) bond motifs is 2. The third-order valence-corrected chi connectivity index (χ3v) is 11.6. The zero-order chi connectivity index (χ0) is 43.3. The van der Waals surface area contributed by atoms with Crippen LogP contribution >= 0.6 is 0 Å². The average molecular weight is 839 g/mol. The number of imide groups is 2. The molecule has 4 aromatic rings. The van der Waals surface area contributed by atoms with Crippen LogP contribution in [0.5, 0.6) is 5.75 Å². The number of ether oxygens (including phenoxy) is 1. The van der Waals surface area contributed by atoms with Crippen LogP contribution in [0.25, 0.3) is 22.0 Å². The van der Waals surface area contributed by atoms with E-state index in [4.69, 9.17) is 10.5 Å². The lowest BCUT2D eigenvalue weighted by Gasteiger charge is -2.29. The van der Waals surface area contributed by atoms with Gasteiger partial charge < -0.3 is 25.7 Å². The smallest absolute Gasteiger partial charge is 0.266 e. The summed E-state index contributed by atoms with van der Waals surface area (Å²) in [6, 6.07) is 15.8. The highest BCUT2D eigenvalue weighted by Gasteiger charge is 2.46. The van der Waals surface area contributed by atoms with Crippen LogP contribution in [0.15, 0.2) is 66.9 Å². The number of alkyl halides is 2. The Morgan fingerprint density at radius 1 is 0.836 bits per heavy atom. The molecule has 1 atom stereocenters. The molecule has 5 N–H and O–H groups in total. The molecule has 14 nitrogen and oxygen atoms in total. The Kier molecular flexibility index (Phi) is 12.9. The van der Waals surface area contributed by atoms with Gasteiger partial charge in [0.05, 0.1) is 16.6 Å². The summed E-state index contributed by atoms with van der Waals surface area (Å²) < 4.78 is 35.8. The molecule has 3 heterocycles. The van der Waals surface area contributed by atoms with Crippen LogP contribution in [-0.4, -0.2) is 75.9 Å². The maximum Gasteiger partial charge on any atom is 0.266 e. The monoisotopic (exact) mass is 838 g/mol. The molecule has 1 aromatic heterocycles. The van der Waals surface area contributed by atoms with Crippen LogP contribution in [0.1, 0.15) is 121 Å². The first-order chi connectivity index (χ1) is 29.3. The van der Waals surface area contributed by atoms with Crippen LogP contribution in [0, 0.1) is 0 Å². The van der Waals surface area contributed by atoms with Crippen LogP contribution in [-0.2, 0) is 19.2 Å². The molecule has 3 aromatic carbocycles. The number of carbonyl (C=O) groups is 7. The number of piperidine rings is 1. The first kappa shape index (κ1) is 42.7. The lowest BCUT2D eigenvalue weighted by Crippen LogP contribution is -2.54. The second-order valence-electron chi connectivity index (χ2n) is 15.9. The number of amides is 7. The van der Waals surface area contributed by atoms with Crippen molar-refractivity contribution < 1.29 is 47.1 Å². The minimum atomic E-state index is -2.68. The van der Waals surface area contributed by atoms with Crippen LogP contribution < -0.4 is 26.4 Å². The van der Waals surface area contributed by atoms with Gasteiger partial charge in [0.1, 0.15) is 11.8 Å². The number of anilines is 1. The molecule has 1 unspecified atom stereocenters. The fourth-order valence-electron chi connectivity index (χ4n) is 8.37. The van der Waals surface area contributed by atoms with Gasteiger partial charge in [0.2, 0.25) is 29.6 Å². The molecular weight excluding hydrogens is 791 g/mol. The molecule has 2 fully saturated rings. The van der Waals surface area contributed by atoms with E-state index in [9.17, 15) is 42.3 Å². The maximum atomic E-state index is 14.1. The molecule has 1 aliphatic carbocycles. The minimum absolute atomic E-state index is 0.00308. The van der Waals surface area contributed by atoms with Crippen molar-refractivity contribution in [3.8, 4) is 16.9 Å². The molecule has 0 radical (unpaired) electrons. The van der Waals surface area contributed by atoms with Crippen molar-refractivity contribution in [1.29, 1.82) is 0 Å². The first-order valence-electron chi connectivity index (χ1n) is 20.8. The number of halogens is 2. The van der Waals surface area contributed by atoms with E-state index in [0.29, 0.717) is 43.5 Å². The highest BCUT2D eigenvalue weighted by Crippen LogP contribution is 2.42. The predicted octanol–water partition coefficient (Wildman–Crippen LogP) is 6.42. The Balaban J connectivity index is 0.824. The summed E-state index contributed by atoms with van der Waals surface area (Å²) in [6.07, 6.45) is 7.50. The van der Waals surface area contributed by atoms with Crippen molar-refractivity contribution in [3.63, 3.8) is 0 Å². The van der Waals surface area contributed by atoms with E-state index in [1.54, 1.807) is 18.2 Å². The maximum absolute atomic E-state index is 14.1. The molecule has 0 bridgehead atoms. The third kappa shape index (κ3) is 9.79. The Labute approximate surface area is 350 Å². The van der Waals surface area contributed by atoms with Crippen molar-refractivity contribution >= 4 is 57.9 Å². The van der Waals surface area contributed by atoms with Gasteiger partial charge >= 0.3 is 0 Å². The van der Waals surface area contributed by atoms with E-state index in [-0.39, 0.29) is 61.1 Å². The van der Waals surface area contributed by atoms with E-state index in [1.807, 2.05) is 35.0 Å². The van der Waals surface area contributed by atoms with Crippen molar-refractivity contribution in [2.24, 2.45) is 5.73 Å². The summed E-state index contributed by atoms with van der Waals surface area (Å²) in [4.78, 5) is 88.4. The van der Waals surface area contributed by atoms with Gasteiger partial charge in [-0.3, -0.25) is 43.8 Å². The van der Waals surface area contributed by atoms with Gasteiger partial charge in [0, 0.05) is 66.7 Å². The number of primary amides is 1. The Morgan fingerprint density at radius 2 is 1.57 bits per heavy atom. The van der Waals surface area contributed by atoms with E-state index < -0.39 is 47.4 Å². The Bertz CT molecular complexity index is 2390. The number of carbonyl (C=O) groups excluding carboxylic acids is 7. The van der Waals surface area contributed by atoms with E-state index in [2.05, 4.69) is 16.0 Å². The summed E-state index contributed by atoms with van der Waals surface area (Å²) in [5, 5.41) is 8.81. The topological polar surface area (TPSA) is 199 Å². The molecule has 0 spiro atoms. The average Bonchev–Trinajstić information content (AvgIpc) is 3.73. The van der Waals surface area contributed by atoms with Gasteiger partial charge in [-0.15, -0.1) is 0 Å². The van der Waals surface area contributed by atoms with Gasteiger partial charge in [-0.05, 0) is 74.1 Å². The van der Waals surface area contributed by atoms with Gasteiger partial charge in [-0.25, -0.2) is 8.78 Å². The fourth-order valence-corrected chi connectivity index (χ4v) is 8.37. The largest absolute Gasteiger partial charge is 0.483 e. The second-order valence-corrected chi connectivity index (χ2v) is 15.9. The number of rotatable bonds is 17. The zero-order valence-electron chi connectivity index (χ0n) is 33.6. The number of nitrogens with one attached hydrogen (secondary N) is 3. The summed E-state index contributed by atoms with van der Waals surface area (Å²) in [5.74, 6) is -6.26. The predicted molar refractivity (Wildman–Crippen MR) is 221 cm³/mol. The fraction of sp³-hybridized carbons (Fsp3) is 0.400. The molecule has 1 saturated carbocycles. The molecule has 320 valence electrons. The van der Waals surface area contributed by atoms with Crippen LogP contribution in [0.2, 0.25) is 0 Å². The third-order valence-electron chi connectivity index (χ3n) is 11.6. The van der Waals surface area contributed by atoms with Crippen molar-refractivity contribution in [2.45, 2.75) is 101 Å². The number of nitrogens with two attached hydrogens (primary N) is 1. The van der Waals surface area contributed by atoms with E-state index in [0.717, 1.165) is 59.0 Å². The standard InChI is InChI=1S/C45H48F2N6O8/c46-45(47)20-18-30(19-21-45)52-25-33(27-9-7-10-28(23-27)41(48)57)31-15-14-29(24-35(31)52)50-37(54)13-5-3-1-2-4-6-22-49-39(56)26-61-36-12-8-11-32-40(36)44(60)53(43(32)59)34-16-17-38(55)51-42(34)58/h7-12,14-15,23-25,30,34H,1-6,13,16-22,26H2,(H2,48,57)(H,49,56)(H,50,54)(H,51,55,58). The van der Waals surface area contributed by atoms with Crippen molar-refractivity contribution in [2.75, 3.05) is 18.5 Å². The summed E-state index contributed by atoms with van der Waals surface area (Å²) in [5.41, 5.74) is 8.98. The number of unbranched alkanes of at least 4 members (excludes halogenated alkanes) is 5. The zero-order valence-corrected chi connectivity index (χ0v) is 33.6. The molecular formula is C45H48F2N6O8. The summed E-state index contributed by atoms with van der Waals surface area (Å²) in [7, 11) is 0. The van der Waals surface area contributed by atoms with E-state index in [1.165, 1.54) is 18.2 Å². The summed E-state index contributed by atoms with van der Waals surface area (Å²) >= 11 is 0. The number of aromatic nitrogens is 1. The molecule has 16 heteroatoms. The highest BCUT2D eigenvalue weighted by atomic mass is 19.3. The lowest BCUT2D eigenvalue weighted by atomic mass is 9.92.